The van der Waals surface area contributed by atoms with Crippen LogP contribution in [0, 0.1) is 6.92 Å². The van der Waals surface area contributed by atoms with Crippen molar-refractivity contribution >= 4 is 17.4 Å². The van der Waals surface area contributed by atoms with Crippen LogP contribution >= 0.6 is 0 Å². The van der Waals surface area contributed by atoms with E-state index in [-0.39, 0.29) is 5.56 Å². The summed E-state index contributed by atoms with van der Waals surface area (Å²) >= 11 is 0. The van der Waals surface area contributed by atoms with Crippen LogP contribution in [0.3, 0.4) is 0 Å². The normalized spacial score (nSPS) is 11.3. The first-order valence-corrected chi connectivity index (χ1v) is 9.98. The third-order valence-electron chi connectivity index (χ3n) is 5.10. The maximum absolute atomic E-state index is 12.9. The second kappa shape index (κ2) is 8.74. The van der Waals surface area contributed by atoms with Gasteiger partial charge in [0.25, 0.3) is 5.91 Å². The summed E-state index contributed by atoms with van der Waals surface area (Å²) in [4.78, 5) is 19.9. The molecule has 0 fully saturated rings. The summed E-state index contributed by atoms with van der Waals surface area (Å²) in [6, 6.07) is 18.8. The standard InChI is InChI=1S/C25H19F3N4O/c1-15-5-6-20(32-24(33)19-8-9-30-22(12-19)25(26,27)28)14-21(15)18-4-2-3-16(11-18)17-7-10-31-23(29)13-17/h2-14H,1H3,(H2,29,31)(H,32,33). The van der Waals surface area contributed by atoms with Gasteiger partial charge < -0.3 is 11.1 Å². The van der Waals surface area contributed by atoms with Gasteiger partial charge in [0.1, 0.15) is 11.5 Å². The molecule has 166 valence electrons. The minimum atomic E-state index is -4.63. The fraction of sp³-hybridized carbons (Fsp3) is 0.0800. The summed E-state index contributed by atoms with van der Waals surface area (Å²) in [5, 5.41) is 2.67. The Bertz CT molecular complexity index is 1340. The average molecular weight is 448 g/mol. The highest BCUT2D eigenvalue weighted by Gasteiger charge is 2.33. The molecule has 0 spiro atoms. The quantitative estimate of drug-likeness (QED) is 0.403. The number of nitrogens with zero attached hydrogens (tertiary/aromatic N) is 2. The molecule has 5 nitrogen and oxygen atoms in total. The lowest BCUT2D eigenvalue weighted by Crippen LogP contribution is -2.15. The number of nitrogens with two attached hydrogens (primary N) is 1. The molecule has 0 radical (unpaired) electrons. The number of carbonyl (C=O) groups is 1. The molecule has 0 atom stereocenters. The molecule has 2 heterocycles. The van der Waals surface area contributed by atoms with E-state index < -0.39 is 17.8 Å². The average Bonchev–Trinajstić information content (AvgIpc) is 2.80. The van der Waals surface area contributed by atoms with Crippen molar-refractivity contribution in [1.82, 2.24) is 9.97 Å². The summed E-state index contributed by atoms with van der Waals surface area (Å²) in [5.41, 5.74) is 9.66. The number of aryl methyl sites for hydroxylation is 1. The number of nitrogen functional groups attached to an aromatic ring is 1. The first kappa shape index (κ1) is 22.0. The zero-order chi connectivity index (χ0) is 23.6. The number of nitrogens with one attached hydrogen (secondary N) is 1. The van der Waals surface area contributed by atoms with Gasteiger partial charge in [-0.15, -0.1) is 0 Å². The van der Waals surface area contributed by atoms with E-state index in [1.165, 1.54) is 6.07 Å². The van der Waals surface area contributed by atoms with Gasteiger partial charge in [-0.05, 0) is 77.2 Å². The Morgan fingerprint density at radius 3 is 2.36 bits per heavy atom. The number of aromatic nitrogens is 2. The van der Waals surface area contributed by atoms with Crippen LogP contribution in [0.5, 0.6) is 0 Å². The Hall–Kier alpha value is -4.20. The first-order valence-electron chi connectivity index (χ1n) is 9.98. The van der Waals surface area contributed by atoms with Crippen molar-refractivity contribution in [3.05, 3.63) is 95.9 Å². The molecule has 4 aromatic rings. The summed E-state index contributed by atoms with van der Waals surface area (Å²) in [6.45, 7) is 1.94. The number of alkyl halides is 3. The molecule has 33 heavy (non-hydrogen) atoms. The molecule has 0 unspecified atom stereocenters. The number of benzene rings is 2. The van der Waals surface area contributed by atoms with Crippen LogP contribution in [0.1, 0.15) is 21.6 Å². The number of amides is 1. The van der Waals surface area contributed by atoms with Crippen molar-refractivity contribution in [1.29, 1.82) is 0 Å². The highest BCUT2D eigenvalue weighted by atomic mass is 19.4. The van der Waals surface area contributed by atoms with Crippen molar-refractivity contribution < 1.29 is 18.0 Å². The zero-order valence-corrected chi connectivity index (χ0v) is 17.5. The molecule has 3 N–H and O–H groups in total. The van der Waals surface area contributed by atoms with Gasteiger partial charge in [0.2, 0.25) is 0 Å². The molecule has 0 saturated carbocycles. The molecule has 2 aromatic carbocycles. The highest BCUT2D eigenvalue weighted by Crippen LogP contribution is 2.31. The van der Waals surface area contributed by atoms with Crippen molar-refractivity contribution in [2.24, 2.45) is 0 Å². The van der Waals surface area contributed by atoms with Gasteiger partial charge in [-0.3, -0.25) is 9.78 Å². The highest BCUT2D eigenvalue weighted by molar-refractivity contribution is 6.04. The van der Waals surface area contributed by atoms with Crippen molar-refractivity contribution in [2.75, 3.05) is 11.1 Å². The van der Waals surface area contributed by atoms with Gasteiger partial charge >= 0.3 is 6.18 Å². The fourth-order valence-electron chi connectivity index (χ4n) is 3.44. The summed E-state index contributed by atoms with van der Waals surface area (Å²) < 4.78 is 38.7. The first-order chi connectivity index (χ1) is 15.7. The van der Waals surface area contributed by atoms with Crippen LogP contribution in [0.4, 0.5) is 24.7 Å². The number of pyridine rings is 2. The van der Waals surface area contributed by atoms with E-state index in [2.05, 4.69) is 15.3 Å². The third kappa shape index (κ3) is 5.01. The van der Waals surface area contributed by atoms with Crippen LogP contribution in [0.15, 0.2) is 79.1 Å². The Kier molecular flexibility index (Phi) is 5.83. The van der Waals surface area contributed by atoms with Crippen LogP contribution in [0.2, 0.25) is 0 Å². The smallest absolute Gasteiger partial charge is 0.384 e. The van der Waals surface area contributed by atoms with E-state index in [1.54, 1.807) is 24.4 Å². The van der Waals surface area contributed by atoms with E-state index in [1.807, 2.05) is 43.3 Å². The summed E-state index contributed by atoms with van der Waals surface area (Å²) in [7, 11) is 0. The SMILES string of the molecule is Cc1ccc(NC(=O)c2ccnc(C(F)(F)F)c2)cc1-c1cccc(-c2ccnc(N)c2)c1. The fourth-order valence-corrected chi connectivity index (χ4v) is 3.44. The van der Waals surface area contributed by atoms with E-state index >= 15 is 0 Å². The Morgan fingerprint density at radius 1 is 0.879 bits per heavy atom. The minimum Gasteiger partial charge on any atom is -0.384 e. The number of carbonyl (C=O) groups excluding carboxylic acids is 1. The second-order valence-corrected chi connectivity index (χ2v) is 7.46. The number of anilines is 2. The molecule has 2 aromatic heterocycles. The van der Waals surface area contributed by atoms with E-state index in [0.717, 1.165) is 40.1 Å². The van der Waals surface area contributed by atoms with E-state index in [4.69, 9.17) is 5.73 Å². The minimum absolute atomic E-state index is 0.128. The molecular weight excluding hydrogens is 429 g/mol. The second-order valence-electron chi connectivity index (χ2n) is 7.46. The molecule has 1 amide bonds. The molecule has 8 heteroatoms. The predicted molar refractivity (Wildman–Crippen MR) is 121 cm³/mol. The monoisotopic (exact) mass is 448 g/mol. The molecule has 0 bridgehead atoms. The van der Waals surface area contributed by atoms with Crippen LogP contribution in [-0.4, -0.2) is 15.9 Å². The van der Waals surface area contributed by atoms with Crippen LogP contribution < -0.4 is 11.1 Å². The molecule has 0 aliphatic carbocycles. The Morgan fingerprint density at radius 2 is 1.61 bits per heavy atom. The predicted octanol–water partition coefficient (Wildman–Crippen LogP) is 5.97. The van der Waals surface area contributed by atoms with Crippen molar-refractivity contribution in [3.63, 3.8) is 0 Å². The number of hydrogen-bond acceptors (Lipinski definition) is 4. The van der Waals surface area contributed by atoms with Crippen LogP contribution in [0.25, 0.3) is 22.3 Å². The lowest BCUT2D eigenvalue weighted by molar-refractivity contribution is -0.141. The third-order valence-corrected chi connectivity index (χ3v) is 5.10. The number of halogens is 3. The molecular formula is C25H19F3N4O. The van der Waals surface area contributed by atoms with Crippen molar-refractivity contribution in [3.8, 4) is 22.3 Å². The Balaban J connectivity index is 1.63. The molecule has 0 aliphatic rings. The van der Waals surface area contributed by atoms with Crippen molar-refractivity contribution in [2.45, 2.75) is 13.1 Å². The summed E-state index contributed by atoms with van der Waals surface area (Å²) in [5.74, 6) is -0.234. The molecule has 4 rings (SSSR count). The molecule has 0 aliphatic heterocycles. The van der Waals surface area contributed by atoms with E-state index in [0.29, 0.717) is 11.5 Å². The van der Waals surface area contributed by atoms with Gasteiger partial charge in [-0.25, -0.2) is 4.98 Å². The van der Waals surface area contributed by atoms with Crippen LogP contribution in [-0.2, 0) is 6.18 Å². The number of rotatable bonds is 4. The largest absolute Gasteiger partial charge is 0.433 e. The maximum atomic E-state index is 12.9. The zero-order valence-electron chi connectivity index (χ0n) is 17.5. The lowest BCUT2D eigenvalue weighted by atomic mass is 9.96. The van der Waals surface area contributed by atoms with Gasteiger partial charge in [0, 0.05) is 23.6 Å². The lowest BCUT2D eigenvalue weighted by Gasteiger charge is -2.13. The van der Waals surface area contributed by atoms with Gasteiger partial charge in [-0.2, -0.15) is 13.2 Å². The van der Waals surface area contributed by atoms with E-state index in [9.17, 15) is 18.0 Å². The number of hydrogen-bond donors (Lipinski definition) is 2. The van der Waals surface area contributed by atoms with Gasteiger partial charge in [0.05, 0.1) is 0 Å². The van der Waals surface area contributed by atoms with Gasteiger partial charge in [-0.1, -0.05) is 24.3 Å². The maximum Gasteiger partial charge on any atom is 0.433 e. The molecule has 0 saturated heterocycles. The Labute approximate surface area is 188 Å². The topological polar surface area (TPSA) is 80.9 Å². The summed E-state index contributed by atoms with van der Waals surface area (Å²) in [6.07, 6.45) is -2.02. The van der Waals surface area contributed by atoms with Gasteiger partial charge in [0.15, 0.2) is 0 Å².